The first-order valence-corrected chi connectivity index (χ1v) is 8.14. The molecule has 3 rings (SSSR count). The van der Waals surface area contributed by atoms with E-state index in [0.29, 0.717) is 11.6 Å². The number of aryl methyl sites for hydroxylation is 2. The van der Waals surface area contributed by atoms with Gasteiger partial charge in [0.05, 0.1) is 5.75 Å². The summed E-state index contributed by atoms with van der Waals surface area (Å²) < 4.78 is 1.82. The first-order valence-electron chi connectivity index (χ1n) is 7.15. The van der Waals surface area contributed by atoms with Crippen molar-refractivity contribution in [2.75, 3.05) is 11.1 Å². The van der Waals surface area contributed by atoms with Crippen LogP contribution in [-0.2, 0) is 4.79 Å². The summed E-state index contributed by atoms with van der Waals surface area (Å²) in [5, 5.41) is 3.52. The van der Waals surface area contributed by atoms with Crippen LogP contribution >= 0.6 is 11.8 Å². The monoisotopic (exact) mass is 341 g/mol. The predicted octanol–water partition coefficient (Wildman–Crippen LogP) is 1.80. The van der Waals surface area contributed by atoms with E-state index in [-0.39, 0.29) is 11.7 Å². The van der Waals surface area contributed by atoms with Crippen molar-refractivity contribution >= 4 is 23.5 Å². The van der Waals surface area contributed by atoms with Crippen LogP contribution in [0.5, 0.6) is 0 Å². The van der Waals surface area contributed by atoms with Crippen molar-refractivity contribution in [3.63, 3.8) is 0 Å². The molecule has 0 aliphatic rings. The maximum absolute atomic E-state index is 12.1. The van der Waals surface area contributed by atoms with E-state index in [9.17, 15) is 4.79 Å². The minimum atomic E-state index is -0.164. The maximum Gasteiger partial charge on any atom is 0.235 e. The molecule has 0 saturated heterocycles. The zero-order valence-corrected chi connectivity index (χ0v) is 14.0. The third-order valence-electron chi connectivity index (χ3n) is 3.12. The van der Waals surface area contributed by atoms with Gasteiger partial charge in [0.1, 0.15) is 35.1 Å². The van der Waals surface area contributed by atoms with Crippen molar-refractivity contribution in [2.24, 2.45) is 0 Å². The van der Waals surface area contributed by atoms with Crippen LogP contribution in [-0.4, -0.2) is 41.1 Å². The number of thioether (sulfide) groups is 1. The highest BCUT2D eigenvalue weighted by atomic mass is 32.2. The summed E-state index contributed by atoms with van der Waals surface area (Å²) in [6, 6.07) is 3.54. The SMILES string of the molecule is Cc1cc(SCC(=O)Nc2cc(-n3ccnc3C)ncn2)ncn1. The molecule has 0 aromatic carbocycles. The number of carbonyl (C=O) groups is 1. The largest absolute Gasteiger partial charge is 0.310 e. The van der Waals surface area contributed by atoms with Crippen LogP contribution in [0.2, 0.25) is 0 Å². The summed E-state index contributed by atoms with van der Waals surface area (Å²) in [6.45, 7) is 3.76. The van der Waals surface area contributed by atoms with Crippen LogP contribution in [0.1, 0.15) is 11.5 Å². The second-order valence-electron chi connectivity index (χ2n) is 4.94. The summed E-state index contributed by atoms with van der Waals surface area (Å²) in [7, 11) is 0. The van der Waals surface area contributed by atoms with Crippen LogP contribution in [0, 0.1) is 13.8 Å². The molecular formula is C15H15N7OS. The average Bonchev–Trinajstić information content (AvgIpc) is 2.99. The Kier molecular flexibility index (Phi) is 4.80. The van der Waals surface area contributed by atoms with Crippen molar-refractivity contribution in [2.45, 2.75) is 18.9 Å². The van der Waals surface area contributed by atoms with E-state index in [0.717, 1.165) is 16.5 Å². The molecule has 0 fully saturated rings. The molecule has 1 amide bonds. The van der Waals surface area contributed by atoms with Crippen LogP contribution in [0.25, 0.3) is 5.82 Å². The molecule has 0 radical (unpaired) electrons. The summed E-state index contributed by atoms with van der Waals surface area (Å²) in [6.07, 6.45) is 6.39. The third kappa shape index (κ3) is 3.93. The molecule has 0 aliphatic heterocycles. The number of rotatable bonds is 5. The lowest BCUT2D eigenvalue weighted by molar-refractivity contribution is -0.113. The molecule has 3 aromatic heterocycles. The van der Waals surface area contributed by atoms with E-state index in [1.165, 1.54) is 24.4 Å². The molecule has 0 spiro atoms. The van der Waals surface area contributed by atoms with Gasteiger partial charge in [0, 0.05) is 24.2 Å². The maximum atomic E-state index is 12.1. The van der Waals surface area contributed by atoms with Gasteiger partial charge in [0.25, 0.3) is 0 Å². The molecule has 9 heteroatoms. The number of amides is 1. The fourth-order valence-corrected chi connectivity index (χ4v) is 2.72. The molecule has 0 atom stereocenters. The van der Waals surface area contributed by atoms with Crippen LogP contribution < -0.4 is 5.32 Å². The van der Waals surface area contributed by atoms with E-state index >= 15 is 0 Å². The minimum Gasteiger partial charge on any atom is -0.310 e. The molecule has 1 N–H and O–H groups in total. The molecule has 0 saturated carbocycles. The van der Waals surface area contributed by atoms with Gasteiger partial charge in [0.2, 0.25) is 5.91 Å². The quantitative estimate of drug-likeness (QED) is 0.558. The summed E-state index contributed by atoms with van der Waals surface area (Å²) >= 11 is 1.34. The lowest BCUT2D eigenvalue weighted by atomic mass is 10.5. The standard InChI is InChI=1S/C15H15N7OS/c1-10-5-15(20-8-17-10)24-7-14(23)21-12-6-13(19-9-18-12)22-4-3-16-11(22)2/h3-6,8-9H,7H2,1-2H3,(H,18,19,21,23). The van der Waals surface area contributed by atoms with Gasteiger partial charge in [-0.25, -0.2) is 24.9 Å². The number of nitrogens with zero attached hydrogens (tertiary/aromatic N) is 6. The Bertz CT molecular complexity index is 864. The zero-order chi connectivity index (χ0) is 16.9. The normalized spacial score (nSPS) is 10.6. The molecule has 0 aliphatic carbocycles. The number of nitrogens with one attached hydrogen (secondary N) is 1. The predicted molar refractivity (Wildman–Crippen MR) is 90.0 cm³/mol. The molecule has 8 nitrogen and oxygen atoms in total. The number of hydrogen-bond acceptors (Lipinski definition) is 7. The smallest absolute Gasteiger partial charge is 0.235 e. The lowest BCUT2D eigenvalue weighted by Crippen LogP contribution is -2.15. The highest BCUT2D eigenvalue weighted by Gasteiger charge is 2.08. The van der Waals surface area contributed by atoms with Gasteiger partial charge in [-0.3, -0.25) is 9.36 Å². The fraction of sp³-hybridized carbons (Fsp3) is 0.200. The molecule has 24 heavy (non-hydrogen) atoms. The third-order valence-corrected chi connectivity index (χ3v) is 4.05. The lowest BCUT2D eigenvalue weighted by Gasteiger charge is -2.07. The van der Waals surface area contributed by atoms with Crippen molar-refractivity contribution in [1.82, 2.24) is 29.5 Å². The molecule has 3 aromatic rings. The first-order chi connectivity index (χ1) is 11.6. The number of aromatic nitrogens is 6. The van der Waals surface area contributed by atoms with Crippen LogP contribution in [0.3, 0.4) is 0 Å². The second-order valence-corrected chi connectivity index (χ2v) is 5.94. The van der Waals surface area contributed by atoms with E-state index in [1.54, 1.807) is 18.5 Å². The molecular weight excluding hydrogens is 326 g/mol. The zero-order valence-electron chi connectivity index (χ0n) is 13.2. The van der Waals surface area contributed by atoms with E-state index in [4.69, 9.17) is 0 Å². The van der Waals surface area contributed by atoms with Crippen molar-refractivity contribution < 1.29 is 4.79 Å². The average molecular weight is 341 g/mol. The molecule has 3 heterocycles. The Hall–Kier alpha value is -2.81. The summed E-state index contributed by atoms with van der Waals surface area (Å²) in [4.78, 5) is 32.6. The number of imidazole rings is 1. The van der Waals surface area contributed by atoms with Gasteiger partial charge in [0.15, 0.2) is 0 Å². The summed E-state index contributed by atoms with van der Waals surface area (Å²) in [5.41, 5.74) is 0.865. The number of hydrogen-bond donors (Lipinski definition) is 1. The van der Waals surface area contributed by atoms with Gasteiger partial charge < -0.3 is 5.32 Å². The Morgan fingerprint density at radius 1 is 1.12 bits per heavy atom. The van der Waals surface area contributed by atoms with E-state index in [1.807, 2.05) is 24.5 Å². The molecule has 0 unspecified atom stereocenters. The van der Waals surface area contributed by atoms with E-state index in [2.05, 4.69) is 30.2 Å². The van der Waals surface area contributed by atoms with Crippen molar-refractivity contribution in [1.29, 1.82) is 0 Å². The van der Waals surface area contributed by atoms with Gasteiger partial charge in [-0.15, -0.1) is 0 Å². The van der Waals surface area contributed by atoms with Gasteiger partial charge in [-0.2, -0.15) is 0 Å². The Labute approximate surface area is 142 Å². The highest BCUT2D eigenvalue weighted by Crippen LogP contribution is 2.16. The van der Waals surface area contributed by atoms with Crippen LogP contribution in [0.15, 0.2) is 42.2 Å². The Morgan fingerprint density at radius 3 is 2.71 bits per heavy atom. The number of carbonyl (C=O) groups excluding carboxylic acids is 1. The summed E-state index contributed by atoms with van der Waals surface area (Å²) in [5.74, 6) is 1.97. The van der Waals surface area contributed by atoms with Gasteiger partial charge >= 0.3 is 0 Å². The fourth-order valence-electron chi connectivity index (χ4n) is 1.99. The van der Waals surface area contributed by atoms with Crippen molar-refractivity contribution in [3.05, 3.63) is 48.7 Å². The van der Waals surface area contributed by atoms with Crippen LogP contribution in [0.4, 0.5) is 5.82 Å². The first kappa shape index (κ1) is 16.1. The van der Waals surface area contributed by atoms with Gasteiger partial charge in [-0.1, -0.05) is 11.8 Å². The highest BCUT2D eigenvalue weighted by molar-refractivity contribution is 7.99. The minimum absolute atomic E-state index is 0.164. The topological polar surface area (TPSA) is 98.5 Å². The second kappa shape index (κ2) is 7.18. The molecule has 0 bridgehead atoms. The van der Waals surface area contributed by atoms with Crippen molar-refractivity contribution in [3.8, 4) is 5.82 Å². The molecule has 122 valence electrons. The van der Waals surface area contributed by atoms with Gasteiger partial charge in [-0.05, 0) is 19.9 Å². The Morgan fingerprint density at radius 2 is 1.96 bits per heavy atom. The van der Waals surface area contributed by atoms with E-state index < -0.39 is 0 Å². The Balaban J connectivity index is 1.63. The number of anilines is 1.